The number of carbonyl (C=O) groups is 1. The fourth-order valence-electron chi connectivity index (χ4n) is 5.38. The minimum absolute atomic E-state index is 0.0795. The van der Waals surface area contributed by atoms with E-state index in [-0.39, 0.29) is 23.5 Å². The van der Waals surface area contributed by atoms with Crippen LogP contribution in [0.5, 0.6) is 11.5 Å². The summed E-state index contributed by atoms with van der Waals surface area (Å²) >= 11 is 1.21. The minimum atomic E-state index is -0.827. The third-order valence-corrected chi connectivity index (χ3v) is 8.35. The predicted molar refractivity (Wildman–Crippen MR) is 163 cm³/mol. The Labute approximate surface area is 242 Å². The molecule has 0 amide bonds. The van der Waals surface area contributed by atoms with Gasteiger partial charge in [-0.25, -0.2) is 9.79 Å². The normalized spacial score (nSPS) is 15.0. The highest BCUT2D eigenvalue weighted by molar-refractivity contribution is 7.07. The first-order valence-electron chi connectivity index (χ1n) is 13.7. The summed E-state index contributed by atoms with van der Waals surface area (Å²) in [6, 6.07) is 16.2. The van der Waals surface area contributed by atoms with Gasteiger partial charge in [0.25, 0.3) is 5.56 Å². The molecule has 8 nitrogen and oxygen atoms in total. The molecule has 1 aliphatic rings. The summed E-state index contributed by atoms with van der Waals surface area (Å²) in [4.78, 5) is 34.8. The number of benzene rings is 3. The van der Waals surface area contributed by atoms with E-state index < -0.39 is 12.0 Å². The zero-order valence-electron chi connectivity index (χ0n) is 23.8. The molecule has 5 rings (SSSR count). The molecule has 1 aliphatic heterocycles. The number of aromatic nitrogens is 1. The van der Waals surface area contributed by atoms with Gasteiger partial charge in [0, 0.05) is 36.0 Å². The first-order valence-corrected chi connectivity index (χ1v) is 14.5. The lowest BCUT2D eigenvalue weighted by molar-refractivity contribution is -0.139. The van der Waals surface area contributed by atoms with Crippen LogP contribution in [0, 0.1) is 0 Å². The molecule has 212 valence electrons. The predicted octanol–water partition coefficient (Wildman–Crippen LogP) is 4.51. The van der Waals surface area contributed by atoms with E-state index in [0.717, 1.165) is 29.5 Å². The van der Waals surface area contributed by atoms with Gasteiger partial charge in [0.1, 0.15) is 17.5 Å². The van der Waals surface area contributed by atoms with Gasteiger partial charge in [-0.15, -0.1) is 0 Å². The summed E-state index contributed by atoms with van der Waals surface area (Å²) in [5, 5.41) is 12.6. The monoisotopic (exact) mass is 571 g/mol. The Morgan fingerprint density at radius 2 is 1.88 bits per heavy atom. The first kappa shape index (κ1) is 28.2. The molecular formula is C32H33N3O5S. The van der Waals surface area contributed by atoms with Gasteiger partial charge in [-0.1, -0.05) is 41.7 Å². The number of esters is 1. The van der Waals surface area contributed by atoms with Crippen molar-refractivity contribution in [1.29, 1.82) is 0 Å². The zero-order valence-corrected chi connectivity index (χ0v) is 24.6. The van der Waals surface area contributed by atoms with Crippen LogP contribution < -0.4 is 24.5 Å². The van der Waals surface area contributed by atoms with Crippen LogP contribution in [0.3, 0.4) is 0 Å². The van der Waals surface area contributed by atoms with Crippen molar-refractivity contribution in [2.75, 3.05) is 31.7 Å². The summed E-state index contributed by atoms with van der Waals surface area (Å²) in [5.74, 6) is 0.0907. The quantitative estimate of drug-likeness (QED) is 0.313. The van der Waals surface area contributed by atoms with Gasteiger partial charge in [0.05, 0.1) is 29.5 Å². The van der Waals surface area contributed by atoms with Gasteiger partial charge in [-0.05, 0) is 62.7 Å². The molecule has 0 radical (unpaired) electrons. The number of nitrogens with zero attached hydrogens (tertiary/aromatic N) is 3. The molecule has 3 aromatic carbocycles. The summed E-state index contributed by atoms with van der Waals surface area (Å²) in [6.45, 7) is 9.43. The number of allylic oxidation sites excluding steroid dienone is 1. The Morgan fingerprint density at radius 3 is 2.56 bits per heavy atom. The van der Waals surface area contributed by atoms with Crippen LogP contribution in [0.4, 0.5) is 5.69 Å². The third-order valence-electron chi connectivity index (χ3n) is 7.37. The second kappa shape index (κ2) is 11.6. The maximum absolute atomic E-state index is 14.1. The van der Waals surface area contributed by atoms with Crippen molar-refractivity contribution in [1.82, 2.24) is 4.57 Å². The molecule has 1 atom stereocenters. The molecular weight excluding hydrogens is 538 g/mol. The van der Waals surface area contributed by atoms with E-state index >= 15 is 0 Å². The van der Waals surface area contributed by atoms with E-state index in [4.69, 9.17) is 9.47 Å². The fourth-order valence-corrected chi connectivity index (χ4v) is 6.42. The highest BCUT2D eigenvalue weighted by atomic mass is 32.1. The fraction of sp³-hybridized carbons (Fsp3) is 0.281. The summed E-state index contributed by atoms with van der Waals surface area (Å²) in [5.41, 5.74) is 2.54. The Balaban J connectivity index is 1.77. The SMILES string of the molecule is CCOC(=O)C1=C(C)N=c2s/c(=C\c3ccc(N(CC)CC)cc3O)c(=O)n2[C@H]1c1c(OC)ccc2ccccc12. The van der Waals surface area contributed by atoms with Gasteiger partial charge in [-0.2, -0.15) is 0 Å². The van der Waals surface area contributed by atoms with E-state index in [1.165, 1.54) is 11.3 Å². The topological polar surface area (TPSA) is 93.4 Å². The number of methoxy groups -OCH3 is 1. The van der Waals surface area contributed by atoms with Gasteiger partial charge in [0.15, 0.2) is 4.80 Å². The number of fused-ring (bicyclic) bond motifs is 2. The van der Waals surface area contributed by atoms with Crippen LogP contribution >= 0.6 is 11.3 Å². The van der Waals surface area contributed by atoms with Gasteiger partial charge < -0.3 is 19.5 Å². The van der Waals surface area contributed by atoms with Crippen LogP contribution in [-0.2, 0) is 9.53 Å². The Hall–Kier alpha value is -4.37. The van der Waals surface area contributed by atoms with E-state index in [9.17, 15) is 14.7 Å². The number of carbonyl (C=O) groups excluding carboxylic acids is 1. The van der Waals surface area contributed by atoms with Crippen molar-refractivity contribution in [3.8, 4) is 11.5 Å². The minimum Gasteiger partial charge on any atom is -0.507 e. The van der Waals surface area contributed by atoms with Crippen molar-refractivity contribution >= 4 is 39.8 Å². The van der Waals surface area contributed by atoms with E-state index in [1.807, 2.05) is 48.5 Å². The molecule has 0 unspecified atom stereocenters. The summed E-state index contributed by atoms with van der Waals surface area (Å²) < 4.78 is 13.2. The van der Waals surface area contributed by atoms with Crippen molar-refractivity contribution in [2.45, 2.75) is 33.7 Å². The lowest BCUT2D eigenvalue weighted by atomic mass is 9.90. The molecule has 2 heterocycles. The number of phenols is 1. The number of anilines is 1. The summed E-state index contributed by atoms with van der Waals surface area (Å²) in [6.07, 6.45) is 1.67. The second-order valence-corrected chi connectivity index (χ2v) is 10.6. The van der Waals surface area contributed by atoms with Crippen LogP contribution in [0.25, 0.3) is 16.8 Å². The number of phenolic OH excluding ortho intramolecular Hbond substituents is 1. The standard InChI is InChI=1S/C32H33N3O5S/c1-6-34(7-2)22-15-13-21(24(36)18-22)17-26-30(37)35-29(27(31(38)40-8-3)19(4)33-32(35)41-26)28-23-12-10-9-11-20(23)14-16-25(28)39-5/h9-18,29,36H,6-8H2,1-5H3/b26-17-/t29-/m1/s1. The van der Waals surface area contributed by atoms with Crippen LogP contribution in [0.15, 0.2) is 75.7 Å². The third kappa shape index (κ3) is 5.02. The van der Waals surface area contributed by atoms with Crippen LogP contribution in [0.1, 0.15) is 44.9 Å². The largest absolute Gasteiger partial charge is 0.507 e. The van der Waals surface area contributed by atoms with E-state index in [2.05, 4.69) is 23.7 Å². The number of ether oxygens (including phenoxy) is 2. The van der Waals surface area contributed by atoms with Crippen LogP contribution in [0.2, 0.25) is 0 Å². The molecule has 0 saturated heterocycles. The lowest BCUT2D eigenvalue weighted by Crippen LogP contribution is -2.40. The molecule has 9 heteroatoms. The molecule has 1 aromatic heterocycles. The molecule has 4 aromatic rings. The second-order valence-electron chi connectivity index (χ2n) is 9.62. The maximum atomic E-state index is 14.1. The Kier molecular flexibility index (Phi) is 7.99. The zero-order chi connectivity index (χ0) is 29.3. The smallest absolute Gasteiger partial charge is 0.338 e. The Bertz CT molecular complexity index is 1850. The lowest BCUT2D eigenvalue weighted by Gasteiger charge is -2.27. The molecule has 0 aliphatic carbocycles. The molecule has 0 bridgehead atoms. The van der Waals surface area contributed by atoms with Crippen molar-refractivity contribution < 1.29 is 19.4 Å². The number of rotatable bonds is 8. The summed E-state index contributed by atoms with van der Waals surface area (Å²) in [7, 11) is 1.57. The number of hydrogen-bond acceptors (Lipinski definition) is 8. The molecule has 0 saturated carbocycles. The van der Waals surface area contributed by atoms with Crippen molar-refractivity contribution in [3.05, 3.63) is 96.7 Å². The highest BCUT2D eigenvalue weighted by Crippen LogP contribution is 2.40. The van der Waals surface area contributed by atoms with Gasteiger partial charge in [-0.3, -0.25) is 9.36 Å². The Morgan fingerprint density at radius 1 is 1.12 bits per heavy atom. The van der Waals surface area contributed by atoms with E-state index in [1.54, 1.807) is 37.7 Å². The number of hydrogen-bond donors (Lipinski definition) is 1. The molecule has 41 heavy (non-hydrogen) atoms. The average Bonchev–Trinajstić information content (AvgIpc) is 3.27. The van der Waals surface area contributed by atoms with Gasteiger partial charge in [0.2, 0.25) is 0 Å². The van der Waals surface area contributed by atoms with Gasteiger partial charge >= 0.3 is 5.97 Å². The first-order chi connectivity index (χ1) is 19.8. The number of thiazole rings is 1. The molecule has 0 spiro atoms. The highest BCUT2D eigenvalue weighted by Gasteiger charge is 2.36. The average molecular weight is 572 g/mol. The van der Waals surface area contributed by atoms with Crippen LogP contribution in [-0.4, -0.2) is 42.4 Å². The van der Waals surface area contributed by atoms with Crippen molar-refractivity contribution in [2.24, 2.45) is 4.99 Å². The molecule has 0 fully saturated rings. The molecule has 1 N–H and O–H groups in total. The van der Waals surface area contributed by atoms with Crippen molar-refractivity contribution in [3.63, 3.8) is 0 Å². The maximum Gasteiger partial charge on any atom is 0.338 e. The van der Waals surface area contributed by atoms with E-state index in [0.29, 0.717) is 31.9 Å². The number of aromatic hydroxyl groups is 1.